The molecule has 3 heterocycles. The van der Waals surface area contributed by atoms with Crippen molar-refractivity contribution in [1.29, 1.82) is 0 Å². The molecule has 1 aliphatic rings. The van der Waals surface area contributed by atoms with E-state index in [1.807, 2.05) is 18.4 Å². The van der Waals surface area contributed by atoms with Gasteiger partial charge in [-0.25, -0.2) is 14.4 Å². The number of aromatic nitrogens is 5. The van der Waals surface area contributed by atoms with Gasteiger partial charge in [0.15, 0.2) is 11.6 Å². The summed E-state index contributed by atoms with van der Waals surface area (Å²) in [6.07, 6.45) is 3.36. The van der Waals surface area contributed by atoms with E-state index in [2.05, 4.69) is 25.5 Å². The van der Waals surface area contributed by atoms with Gasteiger partial charge in [0.1, 0.15) is 29.4 Å². The Balaban J connectivity index is 1.43. The van der Waals surface area contributed by atoms with Crippen LogP contribution >= 0.6 is 0 Å². The molecule has 1 aromatic carbocycles. The van der Waals surface area contributed by atoms with Crippen LogP contribution in [0.1, 0.15) is 53.6 Å². The first kappa shape index (κ1) is 20.9. The highest BCUT2D eigenvalue weighted by Gasteiger charge is 2.31. The van der Waals surface area contributed by atoms with Crippen molar-refractivity contribution in [1.82, 2.24) is 24.7 Å². The van der Waals surface area contributed by atoms with Gasteiger partial charge in [-0.3, -0.25) is 9.59 Å². The van der Waals surface area contributed by atoms with E-state index in [0.29, 0.717) is 28.1 Å². The molecule has 0 atom stereocenters. The Morgan fingerprint density at radius 1 is 1.12 bits per heavy atom. The zero-order chi connectivity index (χ0) is 23.1. The van der Waals surface area contributed by atoms with E-state index in [-0.39, 0.29) is 29.1 Å². The number of Topliss-reactive ketones (excluding diaryl/α,β-unsaturated/α-hetero) is 1. The number of fused-ring (bicyclic) bond motifs is 1. The number of carbonyl (C=O) groups is 2. The minimum atomic E-state index is -0.682. The Hall–Kier alpha value is -4.01. The summed E-state index contributed by atoms with van der Waals surface area (Å²) in [6.45, 7) is 4.00. The Morgan fingerprint density at radius 3 is 2.70 bits per heavy atom. The Kier molecular flexibility index (Phi) is 5.16. The van der Waals surface area contributed by atoms with E-state index in [0.717, 1.165) is 12.8 Å². The number of carbonyl (C=O) groups excluding carboxylic acids is 2. The molecule has 5 rings (SSSR count). The maximum Gasteiger partial charge on any atom is 0.259 e. The van der Waals surface area contributed by atoms with Crippen LogP contribution in [0.2, 0.25) is 0 Å². The standard InChI is InChI=1S/C24H21FN6O2/c1-13(2)31-12-26-30-23(31)19-4-3-5-21(28-19)29-24(33)16-11-20-15(10-17(16)25)8-9-18(27-20)22(32)14-6-7-14/h3-5,8-14H,6-7H2,1-2H3,(H,28,29,33). The fraction of sp³-hybridized carbons (Fsp3) is 0.250. The van der Waals surface area contributed by atoms with Crippen LogP contribution in [-0.4, -0.2) is 36.4 Å². The van der Waals surface area contributed by atoms with Gasteiger partial charge >= 0.3 is 0 Å². The third-order valence-corrected chi connectivity index (χ3v) is 5.57. The largest absolute Gasteiger partial charge is 0.310 e. The second-order valence-electron chi connectivity index (χ2n) is 8.38. The zero-order valence-electron chi connectivity index (χ0n) is 18.1. The quantitative estimate of drug-likeness (QED) is 0.441. The van der Waals surface area contributed by atoms with Crippen molar-refractivity contribution in [3.05, 3.63) is 65.9 Å². The minimum Gasteiger partial charge on any atom is -0.310 e. The van der Waals surface area contributed by atoms with Crippen LogP contribution in [0.3, 0.4) is 0 Å². The molecule has 1 fully saturated rings. The van der Waals surface area contributed by atoms with Crippen molar-refractivity contribution in [2.45, 2.75) is 32.7 Å². The second kappa shape index (κ2) is 8.16. The monoisotopic (exact) mass is 444 g/mol. The van der Waals surface area contributed by atoms with Crippen LogP contribution in [0, 0.1) is 11.7 Å². The molecule has 3 aromatic heterocycles. The molecule has 1 amide bonds. The molecule has 0 bridgehead atoms. The minimum absolute atomic E-state index is 0.0116. The summed E-state index contributed by atoms with van der Waals surface area (Å²) >= 11 is 0. The lowest BCUT2D eigenvalue weighted by Gasteiger charge is -2.11. The average molecular weight is 444 g/mol. The highest BCUT2D eigenvalue weighted by molar-refractivity contribution is 6.06. The number of amides is 1. The molecule has 0 aliphatic heterocycles. The Bertz CT molecular complexity index is 1390. The van der Waals surface area contributed by atoms with Crippen molar-refractivity contribution in [3.63, 3.8) is 0 Å². The summed E-state index contributed by atoms with van der Waals surface area (Å²) < 4.78 is 16.6. The molecule has 1 aliphatic carbocycles. The van der Waals surface area contributed by atoms with Crippen LogP contribution in [0.15, 0.2) is 48.8 Å². The number of rotatable bonds is 6. The number of hydrogen-bond donors (Lipinski definition) is 1. The molecule has 9 heteroatoms. The van der Waals surface area contributed by atoms with Crippen molar-refractivity contribution in [2.24, 2.45) is 5.92 Å². The molecule has 0 unspecified atom stereocenters. The molecule has 0 saturated heterocycles. The summed E-state index contributed by atoms with van der Waals surface area (Å²) in [5.74, 6) is -0.514. The molecule has 0 spiro atoms. The molecule has 0 radical (unpaired) electrons. The lowest BCUT2D eigenvalue weighted by molar-refractivity contribution is 0.0962. The van der Waals surface area contributed by atoms with Crippen molar-refractivity contribution in [3.8, 4) is 11.5 Å². The topological polar surface area (TPSA) is 103 Å². The van der Waals surface area contributed by atoms with Gasteiger partial charge in [-0.1, -0.05) is 12.1 Å². The van der Waals surface area contributed by atoms with E-state index >= 15 is 0 Å². The predicted molar refractivity (Wildman–Crippen MR) is 120 cm³/mol. The first-order chi connectivity index (χ1) is 15.9. The lowest BCUT2D eigenvalue weighted by atomic mass is 10.1. The van der Waals surface area contributed by atoms with Crippen LogP contribution in [-0.2, 0) is 0 Å². The fourth-order valence-electron chi connectivity index (χ4n) is 3.63. The van der Waals surface area contributed by atoms with Gasteiger partial charge in [-0.05, 0) is 57.0 Å². The molecular weight excluding hydrogens is 423 g/mol. The number of anilines is 1. The predicted octanol–water partition coefficient (Wildman–Crippen LogP) is 4.45. The van der Waals surface area contributed by atoms with E-state index in [4.69, 9.17) is 0 Å². The number of nitrogens with one attached hydrogen (secondary N) is 1. The molecular formula is C24H21FN6O2. The highest BCUT2D eigenvalue weighted by atomic mass is 19.1. The van der Waals surface area contributed by atoms with E-state index < -0.39 is 11.7 Å². The van der Waals surface area contributed by atoms with Crippen LogP contribution in [0.5, 0.6) is 0 Å². The number of pyridine rings is 2. The summed E-state index contributed by atoms with van der Waals surface area (Å²) in [5, 5.41) is 11.2. The Labute approximate surface area is 188 Å². The molecule has 166 valence electrons. The van der Waals surface area contributed by atoms with E-state index in [9.17, 15) is 14.0 Å². The molecule has 33 heavy (non-hydrogen) atoms. The number of benzene rings is 1. The second-order valence-corrected chi connectivity index (χ2v) is 8.38. The molecule has 8 nitrogen and oxygen atoms in total. The average Bonchev–Trinajstić information content (AvgIpc) is 3.53. The smallest absolute Gasteiger partial charge is 0.259 e. The first-order valence-electron chi connectivity index (χ1n) is 10.7. The van der Waals surface area contributed by atoms with Crippen LogP contribution in [0.4, 0.5) is 10.2 Å². The summed E-state index contributed by atoms with van der Waals surface area (Å²) in [7, 11) is 0. The lowest BCUT2D eigenvalue weighted by Crippen LogP contribution is -2.15. The highest BCUT2D eigenvalue weighted by Crippen LogP contribution is 2.32. The summed E-state index contributed by atoms with van der Waals surface area (Å²) in [5.41, 5.74) is 1.08. The van der Waals surface area contributed by atoms with Crippen molar-refractivity contribution >= 4 is 28.4 Å². The number of hydrogen-bond acceptors (Lipinski definition) is 6. The van der Waals surface area contributed by atoms with E-state index in [1.54, 1.807) is 36.7 Å². The Morgan fingerprint density at radius 2 is 1.94 bits per heavy atom. The van der Waals surface area contributed by atoms with Crippen molar-refractivity contribution in [2.75, 3.05) is 5.32 Å². The van der Waals surface area contributed by atoms with Crippen LogP contribution < -0.4 is 5.32 Å². The van der Waals surface area contributed by atoms with Gasteiger partial charge in [-0.15, -0.1) is 10.2 Å². The summed E-state index contributed by atoms with van der Waals surface area (Å²) in [4.78, 5) is 34.0. The molecule has 4 aromatic rings. The number of nitrogens with zero attached hydrogens (tertiary/aromatic N) is 5. The van der Waals surface area contributed by atoms with Gasteiger partial charge in [0.05, 0.1) is 11.1 Å². The number of ketones is 1. The normalized spacial score (nSPS) is 13.5. The SMILES string of the molecule is CC(C)n1cnnc1-c1cccc(NC(=O)c2cc3nc(C(=O)C4CC4)ccc3cc2F)n1. The maximum atomic E-state index is 14.7. The fourth-order valence-corrected chi connectivity index (χ4v) is 3.63. The third-order valence-electron chi connectivity index (χ3n) is 5.57. The maximum absolute atomic E-state index is 14.7. The van der Waals surface area contributed by atoms with Gasteiger partial charge in [0.25, 0.3) is 5.91 Å². The number of halogens is 1. The third kappa shape index (κ3) is 4.09. The van der Waals surface area contributed by atoms with Crippen molar-refractivity contribution < 1.29 is 14.0 Å². The molecule has 1 N–H and O–H groups in total. The van der Waals surface area contributed by atoms with E-state index in [1.165, 1.54) is 12.1 Å². The first-order valence-corrected chi connectivity index (χ1v) is 10.7. The van der Waals surface area contributed by atoms with Gasteiger partial charge in [-0.2, -0.15) is 0 Å². The van der Waals surface area contributed by atoms with Gasteiger partial charge < -0.3 is 9.88 Å². The molecule has 1 saturated carbocycles. The summed E-state index contributed by atoms with van der Waals surface area (Å²) in [6, 6.07) is 11.1. The van der Waals surface area contributed by atoms with Gasteiger partial charge in [0, 0.05) is 17.3 Å². The van der Waals surface area contributed by atoms with Crippen LogP contribution in [0.25, 0.3) is 22.4 Å². The van der Waals surface area contributed by atoms with Gasteiger partial charge in [0.2, 0.25) is 0 Å². The zero-order valence-corrected chi connectivity index (χ0v) is 18.1.